The van der Waals surface area contributed by atoms with Crippen LogP contribution in [0.1, 0.15) is 32.6 Å². The number of nitrogens with one attached hydrogen (secondary N) is 1. The Balaban J connectivity index is 2.26. The number of nitrogens with two attached hydrogens (primary N) is 1. The number of hydrogen-bond donors (Lipinski definition) is 2. The van der Waals surface area contributed by atoms with Crippen LogP contribution in [0.2, 0.25) is 0 Å². The highest BCUT2D eigenvalue weighted by molar-refractivity contribution is 4.85. The molecule has 3 heteroatoms. The summed E-state index contributed by atoms with van der Waals surface area (Å²) in [5, 5.41) is 11.8. The molecule has 0 bridgehead atoms. The molecule has 1 aliphatic rings. The zero-order valence-corrected chi connectivity index (χ0v) is 8.29. The first-order valence-electron chi connectivity index (χ1n) is 5.10. The van der Waals surface area contributed by atoms with Crippen molar-refractivity contribution >= 4 is 0 Å². The third-order valence-electron chi connectivity index (χ3n) is 2.88. The van der Waals surface area contributed by atoms with E-state index in [0.29, 0.717) is 24.4 Å². The molecule has 0 heterocycles. The number of rotatable bonds is 3. The molecule has 0 saturated heterocycles. The lowest BCUT2D eigenvalue weighted by atomic mass is 9.83. The molecule has 0 aromatic carbocycles. The number of nitrogens with zero attached hydrogens (tertiary/aromatic N) is 1. The Morgan fingerprint density at radius 1 is 1.54 bits per heavy atom. The molecule has 3 N–H and O–H groups in total. The summed E-state index contributed by atoms with van der Waals surface area (Å²) in [6.45, 7) is 3.06. The van der Waals surface area contributed by atoms with Gasteiger partial charge in [-0.2, -0.15) is 5.26 Å². The van der Waals surface area contributed by atoms with E-state index in [0.717, 1.165) is 19.4 Å². The molecule has 1 aliphatic carbocycles. The lowest BCUT2D eigenvalue weighted by Crippen LogP contribution is -2.44. The van der Waals surface area contributed by atoms with Gasteiger partial charge in [-0.15, -0.1) is 0 Å². The van der Waals surface area contributed by atoms with Crippen molar-refractivity contribution in [2.24, 2.45) is 11.7 Å². The predicted octanol–water partition coefficient (Wildman–Crippen LogP) is 1.01. The third-order valence-corrected chi connectivity index (χ3v) is 2.88. The summed E-state index contributed by atoms with van der Waals surface area (Å²) in [6, 6.07) is 3.02. The van der Waals surface area contributed by atoms with Crippen molar-refractivity contribution in [2.45, 2.75) is 44.7 Å². The first-order chi connectivity index (χ1) is 6.24. The van der Waals surface area contributed by atoms with Crippen LogP contribution in [0.5, 0.6) is 0 Å². The quantitative estimate of drug-likeness (QED) is 0.639. The molecular formula is C10H19N3. The fraction of sp³-hybridized carbons (Fsp3) is 0.900. The Labute approximate surface area is 80.3 Å². The van der Waals surface area contributed by atoms with Crippen LogP contribution in [0.15, 0.2) is 0 Å². The first kappa shape index (κ1) is 10.5. The Hall–Kier alpha value is -0.590. The van der Waals surface area contributed by atoms with Gasteiger partial charge in [0, 0.05) is 25.0 Å². The van der Waals surface area contributed by atoms with E-state index in [2.05, 4.69) is 18.3 Å². The summed E-state index contributed by atoms with van der Waals surface area (Å²) in [5.41, 5.74) is 5.89. The fourth-order valence-corrected chi connectivity index (χ4v) is 1.95. The van der Waals surface area contributed by atoms with Crippen LogP contribution in [-0.2, 0) is 0 Å². The van der Waals surface area contributed by atoms with Gasteiger partial charge in [0.05, 0.1) is 6.07 Å². The highest BCUT2D eigenvalue weighted by Gasteiger charge is 2.24. The monoisotopic (exact) mass is 181 g/mol. The molecule has 0 aromatic heterocycles. The standard InChI is InChI=1S/C10H19N3/c1-8-3-4-9(12)7-10(8)13-6-2-5-11/h8-10,13H,2-4,6-7,12H2,1H3. The highest BCUT2D eigenvalue weighted by atomic mass is 14.9. The lowest BCUT2D eigenvalue weighted by molar-refractivity contribution is 0.259. The SMILES string of the molecule is CC1CCC(N)CC1NCCC#N. The van der Waals surface area contributed by atoms with Crippen LogP contribution in [0.25, 0.3) is 0 Å². The largest absolute Gasteiger partial charge is 0.328 e. The van der Waals surface area contributed by atoms with Gasteiger partial charge in [-0.25, -0.2) is 0 Å². The van der Waals surface area contributed by atoms with Gasteiger partial charge in [0.2, 0.25) is 0 Å². The zero-order chi connectivity index (χ0) is 9.68. The Morgan fingerprint density at radius 2 is 2.31 bits per heavy atom. The van der Waals surface area contributed by atoms with E-state index in [4.69, 9.17) is 11.0 Å². The van der Waals surface area contributed by atoms with Gasteiger partial charge in [0.25, 0.3) is 0 Å². The van der Waals surface area contributed by atoms with Crippen molar-refractivity contribution in [1.82, 2.24) is 5.32 Å². The molecule has 0 amide bonds. The summed E-state index contributed by atoms with van der Waals surface area (Å²) in [4.78, 5) is 0. The minimum Gasteiger partial charge on any atom is -0.328 e. The summed E-state index contributed by atoms with van der Waals surface area (Å²) in [7, 11) is 0. The smallest absolute Gasteiger partial charge is 0.0635 e. The topological polar surface area (TPSA) is 61.8 Å². The summed E-state index contributed by atoms with van der Waals surface area (Å²) in [5.74, 6) is 0.707. The van der Waals surface area contributed by atoms with Crippen LogP contribution in [0.3, 0.4) is 0 Å². The average Bonchev–Trinajstić information content (AvgIpc) is 2.11. The van der Waals surface area contributed by atoms with Crippen molar-refractivity contribution in [3.05, 3.63) is 0 Å². The van der Waals surface area contributed by atoms with Crippen LogP contribution < -0.4 is 11.1 Å². The molecular weight excluding hydrogens is 162 g/mol. The molecule has 0 radical (unpaired) electrons. The number of hydrogen-bond acceptors (Lipinski definition) is 3. The third kappa shape index (κ3) is 3.33. The van der Waals surface area contributed by atoms with E-state index >= 15 is 0 Å². The van der Waals surface area contributed by atoms with Gasteiger partial charge in [0.15, 0.2) is 0 Å². The second-order valence-electron chi connectivity index (χ2n) is 4.02. The minimum atomic E-state index is 0.357. The summed E-state index contributed by atoms with van der Waals surface area (Å²) >= 11 is 0. The van der Waals surface area contributed by atoms with E-state index in [9.17, 15) is 0 Å². The van der Waals surface area contributed by atoms with Gasteiger partial charge >= 0.3 is 0 Å². The van der Waals surface area contributed by atoms with Crippen LogP contribution in [0.4, 0.5) is 0 Å². The molecule has 3 nitrogen and oxygen atoms in total. The Bertz CT molecular complexity index is 185. The first-order valence-corrected chi connectivity index (χ1v) is 5.10. The van der Waals surface area contributed by atoms with Gasteiger partial charge in [-0.1, -0.05) is 6.92 Å². The van der Waals surface area contributed by atoms with Gasteiger partial charge in [-0.3, -0.25) is 0 Å². The molecule has 0 aliphatic heterocycles. The van der Waals surface area contributed by atoms with Crippen LogP contribution in [-0.4, -0.2) is 18.6 Å². The van der Waals surface area contributed by atoms with Crippen molar-refractivity contribution in [2.75, 3.05) is 6.54 Å². The van der Waals surface area contributed by atoms with Crippen LogP contribution >= 0.6 is 0 Å². The molecule has 74 valence electrons. The van der Waals surface area contributed by atoms with E-state index in [1.165, 1.54) is 6.42 Å². The second-order valence-corrected chi connectivity index (χ2v) is 4.02. The molecule has 3 unspecified atom stereocenters. The van der Waals surface area contributed by atoms with E-state index < -0.39 is 0 Å². The zero-order valence-electron chi connectivity index (χ0n) is 8.29. The van der Waals surface area contributed by atoms with Crippen molar-refractivity contribution in [3.8, 4) is 6.07 Å². The van der Waals surface area contributed by atoms with Crippen molar-refractivity contribution in [1.29, 1.82) is 5.26 Å². The maximum absolute atomic E-state index is 8.40. The van der Waals surface area contributed by atoms with Crippen molar-refractivity contribution in [3.63, 3.8) is 0 Å². The van der Waals surface area contributed by atoms with E-state index in [1.54, 1.807) is 0 Å². The summed E-state index contributed by atoms with van der Waals surface area (Å²) in [6.07, 6.45) is 4.02. The highest BCUT2D eigenvalue weighted by Crippen LogP contribution is 2.22. The van der Waals surface area contributed by atoms with Crippen LogP contribution in [0, 0.1) is 17.2 Å². The maximum atomic E-state index is 8.40. The van der Waals surface area contributed by atoms with Gasteiger partial charge in [-0.05, 0) is 25.2 Å². The fourth-order valence-electron chi connectivity index (χ4n) is 1.95. The maximum Gasteiger partial charge on any atom is 0.0635 e. The molecule has 0 spiro atoms. The van der Waals surface area contributed by atoms with Gasteiger partial charge < -0.3 is 11.1 Å². The molecule has 1 saturated carbocycles. The van der Waals surface area contributed by atoms with Crippen molar-refractivity contribution < 1.29 is 0 Å². The molecule has 3 atom stereocenters. The number of nitriles is 1. The van der Waals surface area contributed by atoms with E-state index in [-0.39, 0.29) is 0 Å². The Morgan fingerprint density at radius 3 is 3.00 bits per heavy atom. The van der Waals surface area contributed by atoms with Gasteiger partial charge in [0.1, 0.15) is 0 Å². The second kappa shape index (κ2) is 5.21. The normalized spacial score (nSPS) is 34.1. The molecule has 1 rings (SSSR count). The molecule has 13 heavy (non-hydrogen) atoms. The lowest BCUT2D eigenvalue weighted by Gasteiger charge is -2.33. The summed E-state index contributed by atoms with van der Waals surface area (Å²) < 4.78 is 0. The average molecular weight is 181 g/mol. The van der Waals surface area contributed by atoms with E-state index in [1.807, 2.05) is 0 Å². The minimum absolute atomic E-state index is 0.357. The molecule has 1 fully saturated rings. The molecule has 0 aromatic rings. The predicted molar refractivity (Wildman–Crippen MR) is 53.0 cm³/mol. The Kier molecular flexibility index (Phi) is 4.20.